The molecule has 0 radical (unpaired) electrons. The van der Waals surface area contributed by atoms with Gasteiger partial charge < -0.3 is 25.6 Å². The quantitative estimate of drug-likeness (QED) is 0.237. The molecule has 4 aromatic rings. The number of likely N-dealkylation sites (N-methyl/N-ethyl adjacent to an activating group) is 1. The van der Waals surface area contributed by atoms with Crippen LogP contribution < -0.4 is 20.7 Å². The Bertz CT molecular complexity index is 1540. The van der Waals surface area contributed by atoms with Crippen molar-refractivity contribution in [3.05, 3.63) is 77.2 Å². The van der Waals surface area contributed by atoms with Crippen molar-refractivity contribution in [2.75, 3.05) is 50.2 Å². The topological polar surface area (TPSA) is 109 Å². The summed E-state index contributed by atoms with van der Waals surface area (Å²) in [6, 6.07) is 11.7. The molecule has 13 heteroatoms. The highest BCUT2D eigenvalue weighted by Crippen LogP contribution is 2.34. The van der Waals surface area contributed by atoms with Crippen molar-refractivity contribution >= 4 is 28.9 Å². The molecule has 0 unspecified atom stereocenters. The number of hydrogen-bond acceptors (Lipinski definition) is 8. The van der Waals surface area contributed by atoms with E-state index in [1.165, 1.54) is 12.4 Å². The van der Waals surface area contributed by atoms with E-state index in [2.05, 4.69) is 31.0 Å². The normalized spacial score (nSPS) is 11.4. The maximum atomic E-state index is 13.6. The number of alkyl halides is 3. The molecule has 2 heterocycles. The van der Waals surface area contributed by atoms with Gasteiger partial charge in [-0.05, 0) is 57.8 Å². The third-order valence-corrected chi connectivity index (χ3v) is 6.02. The summed E-state index contributed by atoms with van der Waals surface area (Å²) in [5.74, 6) is 1.18. The Morgan fingerprint density at radius 2 is 1.83 bits per heavy atom. The van der Waals surface area contributed by atoms with Crippen LogP contribution in [0.1, 0.15) is 27.2 Å². The molecule has 10 nitrogen and oxygen atoms in total. The fourth-order valence-electron chi connectivity index (χ4n) is 3.87. The molecule has 0 aliphatic carbocycles. The minimum Gasteiger partial charge on any atom is -0.492 e. The summed E-state index contributed by atoms with van der Waals surface area (Å²) in [5, 5.41) is 13.3. The second kappa shape index (κ2) is 12.3. The second-order valence-electron chi connectivity index (χ2n) is 9.60. The molecule has 3 N–H and O–H groups in total. The summed E-state index contributed by atoms with van der Waals surface area (Å²) in [7, 11) is 5.41. The molecule has 0 saturated carbocycles. The molecule has 41 heavy (non-hydrogen) atoms. The number of carbonyl (C=O) groups excluding carboxylic acids is 1. The van der Waals surface area contributed by atoms with Crippen LogP contribution >= 0.6 is 0 Å². The molecule has 2 aromatic carbocycles. The van der Waals surface area contributed by atoms with Crippen molar-refractivity contribution < 1.29 is 22.7 Å². The highest BCUT2D eigenvalue weighted by atomic mass is 19.4. The van der Waals surface area contributed by atoms with Gasteiger partial charge in [0.2, 0.25) is 0 Å². The zero-order chi connectivity index (χ0) is 29.7. The molecular weight excluding hydrogens is 537 g/mol. The van der Waals surface area contributed by atoms with Crippen LogP contribution in [0.5, 0.6) is 5.75 Å². The third kappa shape index (κ3) is 7.51. The lowest BCUT2D eigenvalue weighted by atomic mass is 10.1. The van der Waals surface area contributed by atoms with Crippen molar-refractivity contribution in [1.82, 2.24) is 24.6 Å². The molecule has 1 amide bonds. The average molecular weight is 569 g/mol. The number of halogens is 3. The smallest absolute Gasteiger partial charge is 0.416 e. The number of hydrogen-bond donors (Lipinski definition) is 3. The summed E-state index contributed by atoms with van der Waals surface area (Å²) in [4.78, 5) is 23.4. The number of nitrogens with zero attached hydrogens (tertiary/aromatic N) is 5. The molecule has 0 atom stereocenters. The first-order valence-electron chi connectivity index (χ1n) is 12.7. The van der Waals surface area contributed by atoms with Crippen LogP contribution in [0, 0.1) is 13.8 Å². The number of ether oxygens (including phenoxy) is 1. The second-order valence-corrected chi connectivity index (χ2v) is 9.60. The summed E-state index contributed by atoms with van der Waals surface area (Å²) in [5.41, 5.74) is 1.47. The van der Waals surface area contributed by atoms with E-state index in [1.807, 2.05) is 38.9 Å². The van der Waals surface area contributed by atoms with E-state index < -0.39 is 17.6 Å². The first-order valence-corrected chi connectivity index (χ1v) is 12.7. The fraction of sp³-hybridized carbons (Fsp3) is 0.286. The minimum atomic E-state index is -4.61. The van der Waals surface area contributed by atoms with Gasteiger partial charge in [-0.25, -0.2) is 9.97 Å². The fourth-order valence-corrected chi connectivity index (χ4v) is 3.87. The van der Waals surface area contributed by atoms with Crippen molar-refractivity contribution in [3.8, 4) is 11.6 Å². The number of benzene rings is 2. The molecule has 0 bridgehead atoms. The molecule has 0 fully saturated rings. The standard InChI is InChI=1S/C28H31F3N8O2/c1-17-6-7-19(11-23(17)36-26-10-18(2)37-39(26)25-15-24(32-3)33-16-34-25)27(40)35-21-12-20(28(29,30)31)13-22(14-21)41-9-8-38(4)5/h6-7,10-16,36H,8-9H2,1-5H3,(H,35,40)(H,32,33,34). The largest absolute Gasteiger partial charge is 0.492 e. The molecule has 0 aliphatic rings. The van der Waals surface area contributed by atoms with Gasteiger partial charge in [-0.15, -0.1) is 0 Å². The van der Waals surface area contributed by atoms with Gasteiger partial charge in [-0.3, -0.25) is 4.79 Å². The predicted octanol–water partition coefficient (Wildman–Crippen LogP) is 5.28. The lowest BCUT2D eigenvalue weighted by Gasteiger charge is -2.16. The number of nitrogens with one attached hydrogen (secondary N) is 3. The Morgan fingerprint density at radius 3 is 2.54 bits per heavy atom. The van der Waals surface area contributed by atoms with Crippen LogP contribution in [0.2, 0.25) is 0 Å². The molecule has 0 spiro atoms. The monoisotopic (exact) mass is 568 g/mol. The van der Waals surface area contributed by atoms with E-state index >= 15 is 0 Å². The minimum absolute atomic E-state index is 0.0121. The summed E-state index contributed by atoms with van der Waals surface area (Å²) in [6.45, 7) is 4.41. The number of carbonyl (C=O) groups is 1. The first kappa shape index (κ1) is 29.3. The Labute approximate surface area is 235 Å². The Kier molecular flexibility index (Phi) is 8.77. The average Bonchev–Trinajstić information content (AvgIpc) is 3.29. The van der Waals surface area contributed by atoms with Gasteiger partial charge >= 0.3 is 6.18 Å². The van der Waals surface area contributed by atoms with E-state index in [0.29, 0.717) is 29.7 Å². The van der Waals surface area contributed by atoms with E-state index in [4.69, 9.17) is 4.74 Å². The molecule has 2 aromatic heterocycles. The SMILES string of the molecule is CNc1cc(-n2nc(C)cc2Nc2cc(C(=O)Nc3cc(OCCN(C)C)cc(C(F)(F)F)c3)ccc2C)ncn1. The van der Waals surface area contributed by atoms with Crippen LogP contribution in [0.15, 0.2) is 54.9 Å². The number of aromatic nitrogens is 4. The van der Waals surface area contributed by atoms with Gasteiger partial charge in [0.15, 0.2) is 5.82 Å². The molecule has 4 rings (SSSR count). The van der Waals surface area contributed by atoms with Crippen molar-refractivity contribution in [2.45, 2.75) is 20.0 Å². The van der Waals surface area contributed by atoms with Crippen LogP contribution in [0.25, 0.3) is 5.82 Å². The van der Waals surface area contributed by atoms with Crippen LogP contribution in [0.4, 0.5) is 36.2 Å². The van der Waals surface area contributed by atoms with Crippen LogP contribution in [0.3, 0.4) is 0 Å². The first-order chi connectivity index (χ1) is 19.4. The molecule has 0 aliphatic heterocycles. The van der Waals surface area contributed by atoms with Gasteiger partial charge in [-0.2, -0.15) is 23.0 Å². The highest BCUT2D eigenvalue weighted by molar-refractivity contribution is 6.05. The molecule has 216 valence electrons. The summed E-state index contributed by atoms with van der Waals surface area (Å²) < 4.78 is 47.8. The predicted molar refractivity (Wildman–Crippen MR) is 151 cm³/mol. The van der Waals surface area contributed by atoms with E-state index in [9.17, 15) is 18.0 Å². The van der Waals surface area contributed by atoms with Crippen molar-refractivity contribution in [3.63, 3.8) is 0 Å². The summed E-state index contributed by atoms with van der Waals surface area (Å²) in [6.07, 6.45) is -3.19. The Hall–Kier alpha value is -4.65. The zero-order valence-corrected chi connectivity index (χ0v) is 23.3. The number of amides is 1. The number of anilines is 4. The maximum Gasteiger partial charge on any atom is 0.416 e. The number of aryl methyl sites for hydroxylation is 2. The van der Waals surface area contributed by atoms with Crippen molar-refractivity contribution in [2.24, 2.45) is 0 Å². The van der Waals surface area contributed by atoms with Gasteiger partial charge in [-0.1, -0.05) is 6.07 Å². The van der Waals surface area contributed by atoms with Crippen LogP contribution in [-0.2, 0) is 6.18 Å². The third-order valence-electron chi connectivity index (χ3n) is 6.02. The molecular formula is C28H31F3N8O2. The van der Waals surface area contributed by atoms with E-state index in [1.54, 1.807) is 36.0 Å². The van der Waals surface area contributed by atoms with Gasteiger partial charge in [0, 0.05) is 48.7 Å². The molecule has 0 saturated heterocycles. The summed E-state index contributed by atoms with van der Waals surface area (Å²) >= 11 is 0. The number of rotatable bonds is 10. The van der Waals surface area contributed by atoms with Gasteiger partial charge in [0.1, 0.15) is 30.3 Å². The van der Waals surface area contributed by atoms with Crippen molar-refractivity contribution in [1.29, 1.82) is 0 Å². The van der Waals surface area contributed by atoms with E-state index in [-0.39, 0.29) is 23.6 Å². The maximum absolute atomic E-state index is 13.6. The van der Waals surface area contributed by atoms with Gasteiger partial charge in [0.05, 0.1) is 11.3 Å². The van der Waals surface area contributed by atoms with Gasteiger partial charge in [0.25, 0.3) is 5.91 Å². The lowest BCUT2D eigenvalue weighted by Crippen LogP contribution is -2.20. The lowest BCUT2D eigenvalue weighted by molar-refractivity contribution is -0.137. The van der Waals surface area contributed by atoms with E-state index in [0.717, 1.165) is 23.4 Å². The Morgan fingerprint density at radius 1 is 1.05 bits per heavy atom. The zero-order valence-electron chi connectivity index (χ0n) is 23.3. The highest BCUT2D eigenvalue weighted by Gasteiger charge is 2.31. The Balaban J connectivity index is 1.59. The van der Waals surface area contributed by atoms with Crippen LogP contribution in [-0.4, -0.2) is 64.9 Å².